The van der Waals surface area contributed by atoms with Gasteiger partial charge in [0.2, 0.25) is 0 Å². The number of non-ortho nitro benzene ring substituents is 1. The minimum atomic E-state index is -0.395. The second-order valence-electron chi connectivity index (χ2n) is 6.46. The zero-order valence-corrected chi connectivity index (χ0v) is 20.1. The number of nitrogens with one attached hydrogen (secondary N) is 1. The summed E-state index contributed by atoms with van der Waals surface area (Å²) in [6.45, 7) is 3.85. The van der Waals surface area contributed by atoms with Crippen molar-refractivity contribution in [2.45, 2.75) is 19.9 Å². The van der Waals surface area contributed by atoms with Crippen LogP contribution in [0.1, 0.15) is 18.1 Å². The van der Waals surface area contributed by atoms with Crippen LogP contribution in [0.2, 0.25) is 0 Å². The molecule has 0 aliphatic carbocycles. The number of nitro groups is 1. The van der Waals surface area contributed by atoms with E-state index in [0.29, 0.717) is 18.0 Å². The molecule has 0 aliphatic heterocycles. The number of hydrogen-bond donors (Lipinski definition) is 1. The number of likely N-dealkylation sites (N-methyl/N-ethyl adjacent to an activating group) is 1. The van der Waals surface area contributed by atoms with Gasteiger partial charge in [-0.25, -0.2) is 4.99 Å². The fourth-order valence-electron chi connectivity index (χ4n) is 2.84. The van der Waals surface area contributed by atoms with Crippen LogP contribution in [0.15, 0.2) is 47.5 Å². The molecule has 164 valence electrons. The highest BCUT2D eigenvalue weighted by atomic mass is 127. The highest BCUT2D eigenvalue weighted by Crippen LogP contribution is 2.27. The first-order valence-corrected chi connectivity index (χ1v) is 9.42. The first-order valence-electron chi connectivity index (χ1n) is 9.42. The van der Waals surface area contributed by atoms with E-state index in [0.717, 1.165) is 36.6 Å². The minimum Gasteiger partial charge on any atom is -0.493 e. The number of ether oxygens (including phenoxy) is 2. The van der Waals surface area contributed by atoms with E-state index in [-0.39, 0.29) is 29.7 Å². The van der Waals surface area contributed by atoms with Crippen LogP contribution in [-0.4, -0.2) is 50.1 Å². The van der Waals surface area contributed by atoms with Crippen LogP contribution in [0.5, 0.6) is 11.5 Å². The van der Waals surface area contributed by atoms with Gasteiger partial charge in [-0.05, 0) is 36.6 Å². The normalized spacial score (nSPS) is 10.7. The van der Waals surface area contributed by atoms with Gasteiger partial charge in [-0.2, -0.15) is 0 Å². The van der Waals surface area contributed by atoms with Gasteiger partial charge in [0, 0.05) is 32.3 Å². The number of aliphatic imine (C=N–C) groups is 1. The van der Waals surface area contributed by atoms with Gasteiger partial charge in [-0.3, -0.25) is 10.1 Å². The predicted molar refractivity (Wildman–Crippen MR) is 129 cm³/mol. The molecule has 2 aromatic carbocycles. The van der Waals surface area contributed by atoms with Crippen molar-refractivity contribution in [1.82, 2.24) is 10.2 Å². The van der Waals surface area contributed by atoms with Crippen LogP contribution in [0.3, 0.4) is 0 Å². The molecule has 0 saturated carbocycles. The van der Waals surface area contributed by atoms with E-state index >= 15 is 0 Å². The van der Waals surface area contributed by atoms with Gasteiger partial charge in [0.1, 0.15) is 0 Å². The fraction of sp³-hybridized carbons (Fsp3) is 0.381. The van der Waals surface area contributed by atoms with E-state index in [2.05, 4.69) is 10.3 Å². The summed E-state index contributed by atoms with van der Waals surface area (Å²) in [5.41, 5.74) is 2.00. The number of halogens is 1. The molecule has 1 N–H and O–H groups in total. The van der Waals surface area contributed by atoms with Crippen molar-refractivity contribution in [2.75, 3.05) is 34.4 Å². The molecule has 0 aliphatic rings. The summed E-state index contributed by atoms with van der Waals surface area (Å²) in [6.07, 6.45) is 0.804. The molecule has 0 fully saturated rings. The topological polar surface area (TPSA) is 89.2 Å². The third-order valence-electron chi connectivity index (χ3n) is 4.41. The maximum absolute atomic E-state index is 10.9. The van der Waals surface area contributed by atoms with Gasteiger partial charge < -0.3 is 19.7 Å². The number of guanidine groups is 1. The van der Waals surface area contributed by atoms with E-state index in [1.54, 1.807) is 26.4 Å². The highest BCUT2D eigenvalue weighted by Gasteiger charge is 2.10. The lowest BCUT2D eigenvalue weighted by Crippen LogP contribution is -2.39. The lowest BCUT2D eigenvalue weighted by atomic mass is 10.1. The Bertz CT molecular complexity index is 861. The van der Waals surface area contributed by atoms with Crippen molar-refractivity contribution in [3.63, 3.8) is 0 Å². The van der Waals surface area contributed by atoms with E-state index < -0.39 is 4.92 Å². The zero-order valence-electron chi connectivity index (χ0n) is 17.8. The van der Waals surface area contributed by atoms with Gasteiger partial charge in [0.25, 0.3) is 5.69 Å². The highest BCUT2D eigenvalue weighted by molar-refractivity contribution is 14.0. The number of nitro benzene ring substituents is 1. The maximum Gasteiger partial charge on any atom is 0.269 e. The Balaban J connectivity index is 0.00000450. The minimum absolute atomic E-state index is 0. The van der Waals surface area contributed by atoms with Crippen molar-refractivity contribution in [3.8, 4) is 11.5 Å². The second kappa shape index (κ2) is 12.9. The van der Waals surface area contributed by atoms with E-state index in [4.69, 9.17) is 9.47 Å². The van der Waals surface area contributed by atoms with Crippen LogP contribution in [-0.2, 0) is 13.0 Å². The number of rotatable bonds is 9. The van der Waals surface area contributed by atoms with E-state index in [1.165, 1.54) is 6.07 Å². The molecular weight excluding hydrogens is 499 g/mol. The SMILES string of the molecule is CCNC(=NCc1cccc([N+](=O)[O-])c1)N(C)CCc1ccc(OC)c(OC)c1.I. The van der Waals surface area contributed by atoms with Gasteiger partial charge >= 0.3 is 0 Å². The fourth-order valence-corrected chi connectivity index (χ4v) is 2.84. The Hall–Kier alpha value is -2.56. The lowest BCUT2D eigenvalue weighted by Gasteiger charge is -2.22. The summed E-state index contributed by atoms with van der Waals surface area (Å²) in [6, 6.07) is 12.4. The molecule has 30 heavy (non-hydrogen) atoms. The Morgan fingerprint density at radius 2 is 1.87 bits per heavy atom. The van der Waals surface area contributed by atoms with Crippen LogP contribution >= 0.6 is 24.0 Å². The Kier molecular flexibility index (Phi) is 10.9. The molecule has 9 heteroatoms. The lowest BCUT2D eigenvalue weighted by molar-refractivity contribution is -0.384. The molecular formula is C21H29IN4O4. The molecule has 0 amide bonds. The Morgan fingerprint density at radius 1 is 1.13 bits per heavy atom. The second-order valence-corrected chi connectivity index (χ2v) is 6.46. The summed E-state index contributed by atoms with van der Waals surface area (Å²) in [7, 11) is 5.21. The molecule has 0 unspecified atom stereocenters. The third kappa shape index (κ3) is 7.36. The largest absolute Gasteiger partial charge is 0.493 e. The summed E-state index contributed by atoms with van der Waals surface area (Å²) in [5.74, 6) is 2.16. The van der Waals surface area contributed by atoms with Crippen molar-refractivity contribution in [1.29, 1.82) is 0 Å². The van der Waals surface area contributed by atoms with Gasteiger partial charge in [0.15, 0.2) is 17.5 Å². The van der Waals surface area contributed by atoms with Crippen molar-refractivity contribution < 1.29 is 14.4 Å². The number of nitrogens with zero attached hydrogens (tertiary/aromatic N) is 3. The quantitative estimate of drug-likeness (QED) is 0.175. The first kappa shape index (κ1) is 25.5. The van der Waals surface area contributed by atoms with Crippen LogP contribution < -0.4 is 14.8 Å². The molecule has 0 spiro atoms. The van der Waals surface area contributed by atoms with Gasteiger partial charge in [-0.15, -0.1) is 24.0 Å². The van der Waals surface area contributed by atoms with Gasteiger partial charge in [0.05, 0.1) is 25.7 Å². The maximum atomic E-state index is 10.9. The Morgan fingerprint density at radius 3 is 2.50 bits per heavy atom. The van der Waals surface area contributed by atoms with Crippen molar-refractivity contribution in [2.24, 2.45) is 4.99 Å². The number of benzene rings is 2. The zero-order chi connectivity index (χ0) is 21.2. The van der Waals surface area contributed by atoms with Gasteiger partial charge in [-0.1, -0.05) is 18.2 Å². The molecule has 0 heterocycles. The first-order chi connectivity index (χ1) is 14.0. The molecule has 2 aromatic rings. The standard InChI is InChI=1S/C21H28N4O4.HI/c1-5-22-21(23-15-17-7-6-8-18(13-17)25(26)27)24(2)12-11-16-9-10-19(28-3)20(14-16)29-4;/h6-10,13-14H,5,11-12,15H2,1-4H3,(H,22,23);1H. The molecule has 0 atom stereocenters. The number of methoxy groups -OCH3 is 2. The molecule has 0 aromatic heterocycles. The molecule has 0 radical (unpaired) electrons. The Labute approximate surface area is 194 Å². The molecule has 0 saturated heterocycles. The third-order valence-corrected chi connectivity index (χ3v) is 4.41. The van der Waals surface area contributed by atoms with Crippen molar-refractivity contribution in [3.05, 3.63) is 63.7 Å². The molecule has 2 rings (SSSR count). The monoisotopic (exact) mass is 528 g/mol. The van der Waals surface area contributed by atoms with Crippen LogP contribution in [0.25, 0.3) is 0 Å². The summed E-state index contributed by atoms with van der Waals surface area (Å²) in [4.78, 5) is 17.2. The van der Waals surface area contributed by atoms with Crippen molar-refractivity contribution >= 4 is 35.6 Å². The van der Waals surface area contributed by atoms with E-state index in [9.17, 15) is 10.1 Å². The predicted octanol–water partition coefficient (Wildman–Crippen LogP) is 3.87. The van der Waals surface area contributed by atoms with Crippen LogP contribution in [0.4, 0.5) is 5.69 Å². The average molecular weight is 528 g/mol. The molecule has 0 bridgehead atoms. The summed E-state index contributed by atoms with van der Waals surface area (Å²) < 4.78 is 10.6. The van der Waals surface area contributed by atoms with E-state index in [1.807, 2.05) is 43.1 Å². The molecule has 8 nitrogen and oxygen atoms in total. The summed E-state index contributed by atoms with van der Waals surface area (Å²) >= 11 is 0. The number of hydrogen-bond acceptors (Lipinski definition) is 5. The average Bonchev–Trinajstić information content (AvgIpc) is 2.74. The smallest absolute Gasteiger partial charge is 0.269 e. The summed E-state index contributed by atoms with van der Waals surface area (Å²) in [5, 5.41) is 14.2. The van der Waals surface area contributed by atoms with Crippen LogP contribution in [0, 0.1) is 10.1 Å².